The quantitative estimate of drug-likeness (QED) is 0.261. The van der Waals surface area contributed by atoms with Crippen LogP contribution in [0.4, 0.5) is 10.1 Å². The lowest BCUT2D eigenvalue weighted by Crippen LogP contribution is -2.37. The van der Waals surface area contributed by atoms with Crippen molar-refractivity contribution >= 4 is 17.5 Å². The molecule has 0 radical (unpaired) electrons. The largest absolute Gasteiger partial charge is 0.496 e. The minimum atomic E-state index is -0.698. The lowest BCUT2D eigenvalue weighted by Gasteiger charge is -2.23. The average molecular weight is 614 g/mol. The Hall–Kier alpha value is -5.03. The molecule has 3 aromatic carbocycles. The third kappa shape index (κ3) is 6.44. The number of anilines is 1. The molecular weight excluding hydrogens is 577 g/mol. The zero-order valence-corrected chi connectivity index (χ0v) is 25.9. The Kier molecular flexibility index (Phi) is 9.01. The zero-order chi connectivity index (χ0) is 32.4. The highest BCUT2D eigenvalue weighted by Crippen LogP contribution is 2.38. The summed E-state index contributed by atoms with van der Waals surface area (Å²) in [5.41, 5.74) is 4.36. The van der Waals surface area contributed by atoms with Crippen molar-refractivity contribution in [2.45, 2.75) is 39.3 Å². The Morgan fingerprint density at radius 2 is 1.76 bits per heavy atom. The van der Waals surface area contributed by atoms with E-state index in [1.807, 2.05) is 56.1 Å². The molecule has 2 heterocycles. The van der Waals surface area contributed by atoms with Gasteiger partial charge in [0.1, 0.15) is 17.1 Å². The topological polar surface area (TPSA) is 126 Å². The van der Waals surface area contributed by atoms with Gasteiger partial charge in [0.15, 0.2) is 0 Å². The molecule has 1 aliphatic heterocycles. The minimum absolute atomic E-state index is 0.0451. The number of carbonyl (C=O) groups excluding carboxylic acids is 2. The van der Waals surface area contributed by atoms with Crippen LogP contribution < -0.4 is 26.6 Å². The number of amides is 2. The van der Waals surface area contributed by atoms with Gasteiger partial charge in [0.2, 0.25) is 5.91 Å². The summed E-state index contributed by atoms with van der Waals surface area (Å²) in [7, 11) is 4.71. The molecule has 0 bridgehead atoms. The molecule has 0 unspecified atom stereocenters. The highest BCUT2D eigenvalue weighted by Gasteiger charge is 2.24. The number of nitrogens with one attached hydrogen (secondary N) is 3. The fraction of sp³-hybridized carbons (Fsp3) is 0.294. The van der Waals surface area contributed by atoms with Gasteiger partial charge < -0.3 is 20.4 Å². The molecule has 10 nitrogen and oxygen atoms in total. The number of hydrogen-bond acceptors (Lipinski definition) is 6. The molecule has 1 atom stereocenters. The smallest absolute Gasteiger partial charge is 0.328 e. The predicted molar refractivity (Wildman–Crippen MR) is 171 cm³/mol. The van der Waals surface area contributed by atoms with Crippen LogP contribution in [0.1, 0.15) is 39.9 Å². The van der Waals surface area contributed by atoms with Crippen LogP contribution >= 0.6 is 0 Å². The molecule has 45 heavy (non-hydrogen) atoms. The Labute approximate surface area is 259 Å². The Morgan fingerprint density at radius 1 is 1.07 bits per heavy atom. The summed E-state index contributed by atoms with van der Waals surface area (Å²) in [4.78, 5) is 53.1. The fourth-order valence-corrected chi connectivity index (χ4v) is 5.85. The van der Waals surface area contributed by atoms with E-state index in [9.17, 15) is 19.2 Å². The first-order chi connectivity index (χ1) is 21.5. The summed E-state index contributed by atoms with van der Waals surface area (Å²) in [6.07, 6.45) is 2.39. The van der Waals surface area contributed by atoms with Crippen LogP contribution in [-0.4, -0.2) is 53.0 Å². The molecule has 0 spiro atoms. The van der Waals surface area contributed by atoms with Crippen LogP contribution in [-0.2, 0) is 18.4 Å². The van der Waals surface area contributed by atoms with Gasteiger partial charge in [-0.1, -0.05) is 30.3 Å². The van der Waals surface area contributed by atoms with E-state index in [1.165, 1.54) is 20.2 Å². The van der Waals surface area contributed by atoms with E-state index < -0.39 is 17.2 Å². The van der Waals surface area contributed by atoms with E-state index in [4.69, 9.17) is 4.74 Å². The summed E-state index contributed by atoms with van der Waals surface area (Å²) in [6.45, 7) is 4.76. The van der Waals surface area contributed by atoms with Crippen LogP contribution in [0.5, 0.6) is 5.75 Å². The Bertz CT molecular complexity index is 1910. The first-order valence-electron chi connectivity index (χ1n) is 14.6. The lowest BCUT2D eigenvalue weighted by molar-refractivity contribution is -0.119. The van der Waals surface area contributed by atoms with E-state index in [2.05, 4.69) is 15.6 Å². The molecule has 1 aromatic heterocycles. The fourth-order valence-electron chi connectivity index (χ4n) is 5.85. The number of carbonyl (C=O) groups is 2. The molecule has 5 rings (SSSR count). The molecule has 11 heteroatoms. The van der Waals surface area contributed by atoms with Crippen LogP contribution in [0.25, 0.3) is 22.3 Å². The number of aromatic amines is 1. The third-order valence-electron chi connectivity index (χ3n) is 8.36. The third-order valence-corrected chi connectivity index (χ3v) is 8.36. The first kappa shape index (κ1) is 31.4. The highest BCUT2D eigenvalue weighted by atomic mass is 19.1. The number of methoxy groups -OCH3 is 1. The van der Waals surface area contributed by atoms with Crippen LogP contribution in [0.15, 0.2) is 64.3 Å². The molecule has 0 saturated carbocycles. The molecule has 2 amide bonds. The van der Waals surface area contributed by atoms with Gasteiger partial charge in [0, 0.05) is 50.0 Å². The number of aromatic nitrogens is 2. The zero-order valence-electron chi connectivity index (χ0n) is 25.9. The SMILES string of the molecule is COc1cc(-c2cccc(-c3cccc(NC(=O)c4c[nH]c(=O)n(C)c4=O)c3C)c2C)cc(F)c1CN(C)C[C@@H]1CCC(=O)N1. The molecule has 234 valence electrons. The average Bonchev–Trinajstić information content (AvgIpc) is 3.42. The van der Waals surface area contributed by atoms with E-state index in [1.54, 1.807) is 12.1 Å². The summed E-state index contributed by atoms with van der Waals surface area (Å²) in [5.74, 6) is -0.542. The minimum Gasteiger partial charge on any atom is -0.496 e. The van der Waals surface area contributed by atoms with Crippen molar-refractivity contribution in [1.29, 1.82) is 0 Å². The number of likely N-dealkylation sites (N-methyl/N-ethyl adjacent to an activating group) is 1. The van der Waals surface area contributed by atoms with Crippen molar-refractivity contribution in [3.8, 4) is 28.0 Å². The number of benzene rings is 3. The van der Waals surface area contributed by atoms with Crippen molar-refractivity contribution in [1.82, 2.24) is 19.8 Å². The van der Waals surface area contributed by atoms with Crippen molar-refractivity contribution in [2.24, 2.45) is 7.05 Å². The van der Waals surface area contributed by atoms with Gasteiger partial charge in [0.05, 0.1) is 7.11 Å². The number of nitrogens with zero attached hydrogens (tertiary/aromatic N) is 2. The molecular formula is C34H36FN5O5. The van der Waals surface area contributed by atoms with Crippen LogP contribution in [0, 0.1) is 19.7 Å². The number of H-pyrrole nitrogens is 1. The number of ether oxygens (including phenoxy) is 1. The molecule has 1 fully saturated rings. The van der Waals surface area contributed by atoms with Gasteiger partial charge in [0.25, 0.3) is 11.5 Å². The van der Waals surface area contributed by atoms with Crippen molar-refractivity contribution in [2.75, 3.05) is 26.0 Å². The van der Waals surface area contributed by atoms with Crippen molar-refractivity contribution < 1.29 is 18.7 Å². The lowest BCUT2D eigenvalue weighted by atomic mass is 9.90. The summed E-state index contributed by atoms with van der Waals surface area (Å²) in [6, 6.07) is 14.7. The van der Waals surface area contributed by atoms with E-state index >= 15 is 4.39 Å². The molecule has 3 N–H and O–H groups in total. The van der Waals surface area contributed by atoms with Gasteiger partial charge in [-0.15, -0.1) is 0 Å². The normalized spacial score (nSPS) is 14.5. The molecule has 1 saturated heterocycles. The Balaban J connectivity index is 1.43. The first-order valence-corrected chi connectivity index (χ1v) is 14.6. The van der Waals surface area contributed by atoms with Gasteiger partial charge in [-0.25, -0.2) is 9.18 Å². The second-order valence-electron chi connectivity index (χ2n) is 11.4. The second kappa shape index (κ2) is 12.9. The van der Waals surface area contributed by atoms with E-state index in [-0.39, 0.29) is 23.3 Å². The molecule has 4 aromatic rings. The van der Waals surface area contributed by atoms with Gasteiger partial charge in [-0.2, -0.15) is 0 Å². The highest BCUT2D eigenvalue weighted by molar-refractivity contribution is 6.04. The summed E-state index contributed by atoms with van der Waals surface area (Å²) in [5, 5.41) is 5.74. The number of rotatable bonds is 9. The van der Waals surface area contributed by atoms with Crippen molar-refractivity contribution in [3.05, 3.63) is 104 Å². The maximum atomic E-state index is 15.7. The molecule has 1 aliphatic rings. The maximum absolute atomic E-state index is 15.7. The van der Waals surface area contributed by atoms with E-state index in [0.717, 1.165) is 45.0 Å². The maximum Gasteiger partial charge on any atom is 0.328 e. The number of halogens is 1. The predicted octanol–water partition coefficient (Wildman–Crippen LogP) is 4.13. The summed E-state index contributed by atoms with van der Waals surface area (Å²) < 4.78 is 22.2. The molecule has 0 aliphatic carbocycles. The van der Waals surface area contributed by atoms with Crippen LogP contribution in [0.2, 0.25) is 0 Å². The standard InChI is InChI=1S/C34H36FN5O5/c1-19-23(21-14-28(35)27(30(15-21)45-5)18-39(3)17-22-12-13-31(41)37-22)8-6-9-24(19)25-10-7-11-29(20(25)2)38-32(42)26-16-36-34(44)40(4)33(26)43/h6-11,14-16,22H,12-13,17-18H2,1-5H3,(H,36,44)(H,37,41)(H,38,42)/t22-/m0/s1. The van der Waals surface area contributed by atoms with E-state index in [0.29, 0.717) is 42.1 Å². The van der Waals surface area contributed by atoms with Gasteiger partial charge >= 0.3 is 5.69 Å². The number of hydrogen-bond donors (Lipinski definition) is 3. The van der Waals surface area contributed by atoms with Gasteiger partial charge in [-0.05, 0) is 78.9 Å². The monoisotopic (exact) mass is 613 g/mol. The van der Waals surface area contributed by atoms with Gasteiger partial charge in [-0.3, -0.25) is 23.9 Å². The van der Waals surface area contributed by atoms with Crippen molar-refractivity contribution in [3.63, 3.8) is 0 Å². The van der Waals surface area contributed by atoms with Crippen LogP contribution in [0.3, 0.4) is 0 Å². The Morgan fingerprint density at radius 3 is 2.44 bits per heavy atom. The summed E-state index contributed by atoms with van der Waals surface area (Å²) >= 11 is 0. The second-order valence-corrected chi connectivity index (χ2v) is 11.4.